The van der Waals surface area contributed by atoms with Crippen molar-refractivity contribution in [2.75, 3.05) is 0 Å². The standard InChI is InChI=1S/C7H10O/c1-2-6-3-4-7(8)5-6/h2,5,7-8H,1,3-4H2. The second kappa shape index (κ2) is 2.14. The van der Waals surface area contributed by atoms with Crippen LogP contribution in [0.15, 0.2) is 24.3 Å². The first kappa shape index (κ1) is 5.57. The number of hydrogen-bond donors (Lipinski definition) is 1. The molecule has 44 valence electrons. The van der Waals surface area contributed by atoms with E-state index in [1.807, 2.05) is 6.08 Å². The van der Waals surface area contributed by atoms with Crippen molar-refractivity contribution in [3.8, 4) is 0 Å². The summed E-state index contributed by atoms with van der Waals surface area (Å²) in [5.41, 5.74) is 1.18. The van der Waals surface area contributed by atoms with Crippen molar-refractivity contribution in [2.24, 2.45) is 0 Å². The van der Waals surface area contributed by atoms with Crippen molar-refractivity contribution in [1.29, 1.82) is 0 Å². The molecule has 1 nitrogen and oxygen atoms in total. The van der Waals surface area contributed by atoms with E-state index in [1.165, 1.54) is 5.57 Å². The van der Waals surface area contributed by atoms with Gasteiger partial charge in [0.1, 0.15) is 0 Å². The molecule has 0 aromatic carbocycles. The molecule has 1 atom stereocenters. The summed E-state index contributed by atoms with van der Waals surface area (Å²) >= 11 is 0. The van der Waals surface area contributed by atoms with Crippen LogP contribution in [0.1, 0.15) is 12.8 Å². The summed E-state index contributed by atoms with van der Waals surface area (Å²) in [5, 5.41) is 8.91. The lowest BCUT2D eigenvalue weighted by Crippen LogP contribution is -1.93. The van der Waals surface area contributed by atoms with E-state index >= 15 is 0 Å². The molecule has 0 fully saturated rings. The van der Waals surface area contributed by atoms with Crippen molar-refractivity contribution in [1.82, 2.24) is 0 Å². The maximum Gasteiger partial charge on any atom is 0.0729 e. The topological polar surface area (TPSA) is 20.2 Å². The molecule has 1 heteroatoms. The summed E-state index contributed by atoms with van der Waals surface area (Å²) in [6, 6.07) is 0. The van der Waals surface area contributed by atoms with Crippen LogP contribution < -0.4 is 0 Å². The first-order chi connectivity index (χ1) is 3.83. The fourth-order valence-electron chi connectivity index (χ4n) is 0.898. The Morgan fingerprint density at radius 2 is 2.62 bits per heavy atom. The van der Waals surface area contributed by atoms with E-state index in [0.717, 1.165) is 12.8 Å². The molecule has 0 aromatic heterocycles. The molecule has 1 unspecified atom stereocenters. The smallest absolute Gasteiger partial charge is 0.0729 e. The van der Waals surface area contributed by atoms with Crippen molar-refractivity contribution in [3.63, 3.8) is 0 Å². The first-order valence-electron chi connectivity index (χ1n) is 2.84. The molecule has 0 saturated heterocycles. The lowest BCUT2D eigenvalue weighted by Gasteiger charge is -1.89. The zero-order chi connectivity index (χ0) is 5.98. The van der Waals surface area contributed by atoms with Gasteiger partial charge < -0.3 is 5.11 Å². The maximum atomic E-state index is 8.91. The minimum atomic E-state index is -0.206. The number of rotatable bonds is 1. The average molecular weight is 110 g/mol. The van der Waals surface area contributed by atoms with Crippen LogP contribution in [0.4, 0.5) is 0 Å². The van der Waals surface area contributed by atoms with Crippen LogP contribution in [0.3, 0.4) is 0 Å². The van der Waals surface area contributed by atoms with Gasteiger partial charge in [0.25, 0.3) is 0 Å². The molecule has 1 N–H and O–H groups in total. The van der Waals surface area contributed by atoms with Crippen LogP contribution in [0.2, 0.25) is 0 Å². The second-order valence-electron chi connectivity index (χ2n) is 2.05. The second-order valence-corrected chi connectivity index (χ2v) is 2.05. The summed E-state index contributed by atoms with van der Waals surface area (Å²) in [5.74, 6) is 0. The third-order valence-electron chi connectivity index (χ3n) is 1.40. The van der Waals surface area contributed by atoms with Crippen molar-refractivity contribution in [3.05, 3.63) is 24.3 Å². The van der Waals surface area contributed by atoms with Gasteiger partial charge in [0.15, 0.2) is 0 Å². The zero-order valence-electron chi connectivity index (χ0n) is 4.80. The van der Waals surface area contributed by atoms with Gasteiger partial charge in [-0.1, -0.05) is 18.7 Å². The molecule has 1 rings (SSSR count). The van der Waals surface area contributed by atoms with E-state index in [0.29, 0.717) is 0 Å². The summed E-state index contributed by atoms with van der Waals surface area (Å²) in [6.45, 7) is 3.60. The van der Waals surface area contributed by atoms with E-state index in [2.05, 4.69) is 6.58 Å². The van der Waals surface area contributed by atoms with Gasteiger partial charge in [-0.05, 0) is 18.4 Å². The third-order valence-corrected chi connectivity index (χ3v) is 1.40. The Morgan fingerprint density at radius 3 is 2.88 bits per heavy atom. The monoisotopic (exact) mass is 110 g/mol. The summed E-state index contributed by atoms with van der Waals surface area (Å²) in [7, 11) is 0. The average Bonchev–Trinajstić information content (AvgIpc) is 2.14. The quantitative estimate of drug-likeness (QED) is 0.538. The molecular weight excluding hydrogens is 100 g/mol. The van der Waals surface area contributed by atoms with Gasteiger partial charge in [-0.2, -0.15) is 0 Å². The zero-order valence-corrected chi connectivity index (χ0v) is 4.80. The van der Waals surface area contributed by atoms with E-state index in [1.54, 1.807) is 6.08 Å². The fourth-order valence-corrected chi connectivity index (χ4v) is 0.898. The predicted octanol–water partition coefficient (Wildman–Crippen LogP) is 1.25. The summed E-state index contributed by atoms with van der Waals surface area (Å²) in [6.07, 6.45) is 5.32. The van der Waals surface area contributed by atoms with Gasteiger partial charge in [0.2, 0.25) is 0 Å². The number of aliphatic hydroxyl groups is 1. The van der Waals surface area contributed by atoms with Gasteiger partial charge in [0, 0.05) is 0 Å². The highest BCUT2D eigenvalue weighted by atomic mass is 16.3. The van der Waals surface area contributed by atoms with E-state index in [4.69, 9.17) is 5.11 Å². The molecule has 0 aliphatic heterocycles. The van der Waals surface area contributed by atoms with Crippen molar-refractivity contribution < 1.29 is 5.11 Å². The van der Waals surface area contributed by atoms with Crippen molar-refractivity contribution in [2.45, 2.75) is 18.9 Å². The highest BCUT2D eigenvalue weighted by Crippen LogP contribution is 2.17. The van der Waals surface area contributed by atoms with Crippen molar-refractivity contribution >= 4 is 0 Å². The highest BCUT2D eigenvalue weighted by Gasteiger charge is 2.08. The first-order valence-corrected chi connectivity index (χ1v) is 2.84. The highest BCUT2D eigenvalue weighted by molar-refractivity contribution is 5.22. The third kappa shape index (κ3) is 0.984. The molecule has 1 aliphatic carbocycles. The van der Waals surface area contributed by atoms with Crippen LogP contribution in [0.5, 0.6) is 0 Å². The molecular formula is C7H10O. The van der Waals surface area contributed by atoms with Crippen LogP contribution in [-0.2, 0) is 0 Å². The Balaban J connectivity index is 2.56. The largest absolute Gasteiger partial charge is 0.389 e. The predicted molar refractivity (Wildman–Crippen MR) is 33.5 cm³/mol. The Morgan fingerprint density at radius 1 is 1.88 bits per heavy atom. The molecule has 0 saturated carbocycles. The molecule has 0 aromatic rings. The minimum absolute atomic E-state index is 0.206. The van der Waals surface area contributed by atoms with Gasteiger partial charge in [-0.3, -0.25) is 0 Å². The normalized spacial score (nSPS) is 27.6. The van der Waals surface area contributed by atoms with Crippen LogP contribution in [-0.4, -0.2) is 11.2 Å². The molecule has 0 bridgehead atoms. The molecule has 0 radical (unpaired) electrons. The van der Waals surface area contributed by atoms with Gasteiger partial charge in [-0.15, -0.1) is 0 Å². The Hall–Kier alpha value is -0.560. The van der Waals surface area contributed by atoms with E-state index in [9.17, 15) is 0 Å². The molecule has 1 aliphatic rings. The van der Waals surface area contributed by atoms with Crippen LogP contribution in [0.25, 0.3) is 0 Å². The van der Waals surface area contributed by atoms with Gasteiger partial charge in [-0.25, -0.2) is 0 Å². The van der Waals surface area contributed by atoms with E-state index < -0.39 is 0 Å². The fraction of sp³-hybridized carbons (Fsp3) is 0.429. The molecule has 0 spiro atoms. The lowest BCUT2D eigenvalue weighted by atomic mass is 10.2. The lowest BCUT2D eigenvalue weighted by molar-refractivity contribution is 0.223. The molecule has 0 amide bonds. The maximum absolute atomic E-state index is 8.91. The Bertz CT molecular complexity index is 124. The van der Waals surface area contributed by atoms with Crippen LogP contribution >= 0.6 is 0 Å². The Kier molecular flexibility index (Phi) is 1.49. The van der Waals surface area contributed by atoms with Gasteiger partial charge in [0.05, 0.1) is 6.10 Å². The van der Waals surface area contributed by atoms with Gasteiger partial charge >= 0.3 is 0 Å². The SMILES string of the molecule is C=CC1=CC(O)CC1. The Labute approximate surface area is 49.3 Å². The summed E-state index contributed by atoms with van der Waals surface area (Å²) < 4.78 is 0. The number of hydrogen-bond acceptors (Lipinski definition) is 1. The molecule has 8 heavy (non-hydrogen) atoms. The number of allylic oxidation sites excluding steroid dienone is 2. The van der Waals surface area contributed by atoms with E-state index in [-0.39, 0.29) is 6.10 Å². The number of aliphatic hydroxyl groups excluding tert-OH is 1. The molecule has 0 heterocycles. The van der Waals surface area contributed by atoms with Crippen LogP contribution in [0, 0.1) is 0 Å². The minimum Gasteiger partial charge on any atom is -0.389 e. The summed E-state index contributed by atoms with van der Waals surface area (Å²) in [4.78, 5) is 0.